The zero-order valence-electron chi connectivity index (χ0n) is 11.9. The Hall–Kier alpha value is -1.26. The van der Waals surface area contributed by atoms with Crippen molar-refractivity contribution in [3.05, 3.63) is 23.8 Å². The van der Waals surface area contributed by atoms with Crippen molar-refractivity contribution in [1.29, 1.82) is 0 Å². The number of rotatable bonds is 3. The van der Waals surface area contributed by atoms with Crippen LogP contribution in [0.2, 0.25) is 0 Å². The van der Waals surface area contributed by atoms with E-state index in [-0.39, 0.29) is 0 Å². The van der Waals surface area contributed by atoms with E-state index in [9.17, 15) is 0 Å². The summed E-state index contributed by atoms with van der Waals surface area (Å²) in [7, 11) is 0. The molecule has 3 rings (SSSR count). The molecule has 0 spiro atoms. The molecule has 0 atom stereocenters. The quantitative estimate of drug-likeness (QED) is 0.741. The minimum absolute atomic E-state index is 0.363. The van der Waals surface area contributed by atoms with Crippen molar-refractivity contribution in [3.8, 4) is 11.5 Å². The van der Waals surface area contributed by atoms with Crippen molar-refractivity contribution in [2.45, 2.75) is 26.4 Å². The molecule has 0 aliphatic carbocycles. The molecule has 4 heteroatoms. The maximum Gasteiger partial charge on any atom is 0.231 e. The van der Waals surface area contributed by atoms with Gasteiger partial charge in [-0.1, -0.05) is 0 Å². The molecule has 2 aliphatic heterocycles. The molecule has 0 radical (unpaired) electrons. The lowest BCUT2D eigenvalue weighted by atomic mass is 10.1. The van der Waals surface area contributed by atoms with Gasteiger partial charge in [-0.3, -0.25) is 0 Å². The number of hydrogen-bond donors (Lipinski definition) is 2. The standard InChI is InChI=1S/C15H22N2O2/c1-12(2)17-7-5-16(6-8-17)10-13-3-4-14-15(9-13)19-11-18-14/h3-4,9,12H,5-8,10-11H2,1-2H3/p+2. The Balaban J connectivity index is 1.58. The molecule has 1 aromatic rings. The largest absolute Gasteiger partial charge is 0.454 e. The summed E-state index contributed by atoms with van der Waals surface area (Å²) in [6.07, 6.45) is 0. The van der Waals surface area contributed by atoms with Crippen molar-refractivity contribution >= 4 is 0 Å². The van der Waals surface area contributed by atoms with Gasteiger partial charge in [0.1, 0.15) is 32.7 Å². The van der Waals surface area contributed by atoms with E-state index in [0.29, 0.717) is 6.79 Å². The van der Waals surface area contributed by atoms with Gasteiger partial charge < -0.3 is 19.3 Å². The topological polar surface area (TPSA) is 27.3 Å². The van der Waals surface area contributed by atoms with Crippen LogP contribution in [0.1, 0.15) is 19.4 Å². The number of fused-ring (bicyclic) bond motifs is 1. The van der Waals surface area contributed by atoms with Crippen molar-refractivity contribution in [2.24, 2.45) is 0 Å². The van der Waals surface area contributed by atoms with Gasteiger partial charge in [-0.05, 0) is 32.0 Å². The van der Waals surface area contributed by atoms with E-state index in [1.54, 1.807) is 9.80 Å². The van der Waals surface area contributed by atoms with Crippen molar-refractivity contribution in [3.63, 3.8) is 0 Å². The normalized spacial score (nSPS) is 25.8. The van der Waals surface area contributed by atoms with Crippen LogP contribution in [0, 0.1) is 0 Å². The van der Waals surface area contributed by atoms with Crippen LogP contribution >= 0.6 is 0 Å². The Morgan fingerprint density at radius 2 is 1.79 bits per heavy atom. The Kier molecular flexibility index (Phi) is 3.62. The van der Waals surface area contributed by atoms with Crippen LogP contribution in [0.5, 0.6) is 11.5 Å². The van der Waals surface area contributed by atoms with Gasteiger partial charge in [0.25, 0.3) is 0 Å². The monoisotopic (exact) mass is 264 g/mol. The van der Waals surface area contributed by atoms with E-state index in [2.05, 4.69) is 26.0 Å². The second kappa shape index (κ2) is 5.39. The van der Waals surface area contributed by atoms with Gasteiger partial charge in [-0.25, -0.2) is 0 Å². The predicted molar refractivity (Wildman–Crippen MR) is 72.8 cm³/mol. The predicted octanol–water partition coefficient (Wildman–Crippen LogP) is -0.893. The first-order valence-electron chi connectivity index (χ1n) is 7.29. The van der Waals surface area contributed by atoms with Crippen molar-refractivity contribution in [2.75, 3.05) is 33.0 Å². The van der Waals surface area contributed by atoms with Gasteiger partial charge in [0.2, 0.25) is 6.79 Å². The first kappa shape index (κ1) is 12.8. The zero-order chi connectivity index (χ0) is 13.2. The fraction of sp³-hybridized carbons (Fsp3) is 0.600. The second-order valence-corrected chi connectivity index (χ2v) is 5.93. The number of ether oxygens (including phenoxy) is 2. The molecular formula is C15H24N2O2+2. The smallest absolute Gasteiger partial charge is 0.231 e. The van der Waals surface area contributed by atoms with Gasteiger partial charge in [-0.15, -0.1) is 0 Å². The average Bonchev–Trinajstić information content (AvgIpc) is 2.87. The first-order chi connectivity index (χ1) is 9.22. The van der Waals surface area contributed by atoms with E-state index in [1.165, 1.54) is 31.7 Å². The minimum Gasteiger partial charge on any atom is -0.454 e. The summed E-state index contributed by atoms with van der Waals surface area (Å²) in [5.74, 6) is 1.79. The van der Waals surface area contributed by atoms with Crippen LogP contribution in [0.25, 0.3) is 0 Å². The van der Waals surface area contributed by atoms with E-state index < -0.39 is 0 Å². The summed E-state index contributed by atoms with van der Waals surface area (Å²) in [5, 5.41) is 0. The highest BCUT2D eigenvalue weighted by atomic mass is 16.7. The Morgan fingerprint density at radius 1 is 1.05 bits per heavy atom. The zero-order valence-corrected chi connectivity index (χ0v) is 11.9. The maximum absolute atomic E-state index is 5.44. The van der Waals surface area contributed by atoms with Crippen LogP contribution in [0.4, 0.5) is 0 Å². The summed E-state index contributed by atoms with van der Waals surface area (Å²) < 4.78 is 10.8. The lowest BCUT2D eigenvalue weighted by Crippen LogP contribution is -3.28. The molecule has 2 aliphatic rings. The fourth-order valence-electron chi connectivity index (χ4n) is 3.02. The third-order valence-corrected chi connectivity index (χ3v) is 4.31. The van der Waals surface area contributed by atoms with E-state index in [1.807, 2.05) is 6.07 Å². The van der Waals surface area contributed by atoms with Gasteiger partial charge in [0.15, 0.2) is 11.5 Å². The molecule has 0 unspecified atom stereocenters. The third-order valence-electron chi connectivity index (χ3n) is 4.31. The van der Waals surface area contributed by atoms with E-state index in [0.717, 1.165) is 24.1 Å². The SMILES string of the molecule is CC(C)[NH+]1CC[NH+](Cc2ccc3c(c2)OCO3)CC1. The van der Waals surface area contributed by atoms with Crippen molar-refractivity contribution < 1.29 is 19.3 Å². The first-order valence-corrected chi connectivity index (χ1v) is 7.29. The third kappa shape index (κ3) is 2.85. The van der Waals surface area contributed by atoms with Gasteiger partial charge in [-0.2, -0.15) is 0 Å². The van der Waals surface area contributed by atoms with Crippen LogP contribution in [-0.4, -0.2) is 39.0 Å². The second-order valence-electron chi connectivity index (χ2n) is 5.93. The molecule has 0 amide bonds. The van der Waals surface area contributed by atoms with Crippen LogP contribution in [0.15, 0.2) is 18.2 Å². The number of quaternary nitrogens is 2. The molecular weight excluding hydrogens is 240 g/mol. The van der Waals surface area contributed by atoms with Crippen LogP contribution in [0.3, 0.4) is 0 Å². The number of hydrogen-bond acceptors (Lipinski definition) is 2. The van der Waals surface area contributed by atoms with E-state index >= 15 is 0 Å². The number of benzene rings is 1. The highest BCUT2D eigenvalue weighted by Gasteiger charge is 2.25. The summed E-state index contributed by atoms with van der Waals surface area (Å²) >= 11 is 0. The molecule has 2 heterocycles. The molecule has 1 fully saturated rings. The number of piperazine rings is 1. The van der Waals surface area contributed by atoms with Gasteiger partial charge >= 0.3 is 0 Å². The number of nitrogens with one attached hydrogen (secondary N) is 2. The molecule has 0 bridgehead atoms. The van der Waals surface area contributed by atoms with Gasteiger partial charge in [0, 0.05) is 5.56 Å². The Morgan fingerprint density at radius 3 is 2.53 bits per heavy atom. The summed E-state index contributed by atoms with van der Waals surface area (Å²) in [4.78, 5) is 3.43. The average molecular weight is 264 g/mol. The molecule has 4 nitrogen and oxygen atoms in total. The lowest BCUT2D eigenvalue weighted by Gasteiger charge is -2.32. The van der Waals surface area contributed by atoms with Crippen LogP contribution in [-0.2, 0) is 6.54 Å². The van der Waals surface area contributed by atoms with Crippen molar-refractivity contribution in [1.82, 2.24) is 0 Å². The Bertz CT molecular complexity index is 440. The lowest BCUT2D eigenvalue weighted by molar-refractivity contribution is -1.03. The van der Waals surface area contributed by atoms with E-state index in [4.69, 9.17) is 9.47 Å². The minimum atomic E-state index is 0.363. The van der Waals surface area contributed by atoms with Crippen LogP contribution < -0.4 is 19.3 Å². The molecule has 19 heavy (non-hydrogen) atoms. The summed E-state index contributed by atoms with van der Waals surface area (Å²) in [5.41, 5.74) is 1.35. The summed E-state index contributed by atoms with van der Waals surface area (Å²) in [6, 6.07) is 7.10. The highest BCUT2D eigenvalue weighted by molar-refractivity contribution is 5.44. The molecule has 1 saturated heterocycles. The molecule has 0 saturated carbocycles. The summed E-state index contributed by atoms with van der Waals surface area (Å²) in [6.45, 7) is 11.2. The maximum atomic E-state index is 5.44. The van der Waals surface area contributed by atoms with Gasteiger partial charge in [0.05, 0.1) is 6.04 Å². The molecule has 104 valence electrons. The molecule has 1 aromatic carbocycles. The highest BCUT2D eigenvalue weighted by Crippen LogP contribution is 2.32. The fourth-order valence-corrected chi connectivity index (χ4v) is 3.02. The molecule has 2 N–H and O–H groups in total. The molecule has 0 aromatic heterocycles. The Labute approximate surface area is 114 Å².